The summed E-state index contributed by atoms with van der Waals surface area (Å²) in [4.78, 5) is 16.8. The van der Waals surface area contributed by atoms with Gasteiger partial charge < -0.3 is 14.8 Å². The van der Waals surface area contributed by atoms with Crippen LogP contribution in [-0.2, 0) is 0 Å². The summed E-state index contributed by atoms with van der Waals surface area (Å²) in [6, 6.07) is 15.0. The Morgan fingerprint density at radius 3 is 2.33 bits per heavy atom. The normalized spacial score (nSPS) is 10.2. The average molecular weight is 340 g/mol. The Hall–Kier alpha value is -2.86. The molecule has 3 aromatic rings. The van der Waals surface area contributed by atoms with Crippen LogP contribution in [0.1, 0.15) is 10.5 Å². The molecule has 0 bridgehead atoms. The van der Waals surface area contributed by atoms with Crippen LogP contribution in [-0.4, -0.2) is 25.1 Å². The molecule has 0 saturated heterocycles. The summed E-state index contributed by atoms with van der Waals surface area (Å²) >= 11 is 1.44. The van der Waals surface area contributed by atoms with E-state index in [-0.39, 0.29) is 5.91 Å². The predicted molar refractivity (Wildman–Crippen MR) is 95.0 cm³/mol. The number of methoxy groups -OCH3 is 2. The van der Waals surface area contributed by atoms with Gasteiger partial charge in [-0.25, -0.2) is 4.98 Å². The van der Waals surface area contributed by atoms with Crippen molar-refractivity contribution in [3.63, 3.8) is 0 Å². The first-order valence-electron chi connectivity index (χ1n) is 7.25. The number of thiazole rings is 1. The summed E-state index contributed by atoms with van der Waals surface area (Å²) in [5.41, 5.74) is 1.95. The van der Waals surface area contributed by atoms with Crippen LogP contribution in [0.3, 0.4) is 0 Å². The number of benzene rings is 2. The van der Waals surface area contributed by atoms with E-state index in [2.05, 4.69) is 10.3 Å². The van der Waals surface area contributed by atoms with Gasteiger partial charge in [-0.1, -0.05) is 30.3 Å². The van der Waals surface area contributed by atoms with E-state index in [4.69, 9.17) is 9.47 Å². The second-order valence-electron chi connectivity index (χ2n) is 4.96. The first kappa shape index (κ1) is 16.0. The number of carbonyl (C=O) groups excluding carboxylic acids is 1. The third-order valence-corrected chi connectivity index (χ3v) is 4.26. The van der Waals surface area contributed by atoms with Crippen molar-refractivity contribution in [3.05, 3.63) is 59.6 Å². The number of hydrogen-bond acceptors (Lipinski definition) is 5. The number of carbonyl (C=O) groups is 1. The summed E-state index contributed by atoms with van der Waals surface area (Å²) in [7, 11) is 3.12. The van der Waals surface area contributed by atoms with Crippen molar-refractivity contribution in [1.29, 1.82) is 0 Å². The lowest BCUT2D eigenvalue weighted by atomic mass is 10.2. The topological polar surface area (TPSA) is 60.5 Å². The summed E-state index contributed by atoms with van der Waals surface area (Å²) < 4.78 is 10.4. The highest BCUT2D eigenvalue weighted by Crippen LogP contribution is 2.27. The highest BCUT2D eigenvalue weighted by atomic mass is 32.1. The molecule has 6 heteroatoms. The van der Waals surface area contributed by atoms with Crippen molar-refractivity contribution in [2.24, 2.45) is 0 Å². The Bertz CT molecular complexity index is 824. The molecule has 0 atom stereocenters. The zero-order valence-electron chi connectivity index (χ0n) is 13.3. The van der Waals surface area contributed by atoms with Gasteiger partial charge in [0.1, 0.15) is 22.2 Å². The van der Waals surface area contributed by atoms with Crippen LogP contribution >= 0.6 is 11.3 Å². The molecule has 1 N–H and O–H groups in total. The maximum Gasteiger partial charge on any atom is 0.275 e. The molecule has 0 aliphatic heterocycles. The van der Waals surface area contributed by atoms with E-state index in [0.29, 0.717) is 22.9 Å². The van der Waals surface area contributed by atoms with Crippen LogP contribution < -0.4 is 14.8 Å². The van der Waals surface area contributed by atoms with Gasteiger partial charge in [0.25, 0.3) is 5.91 Å². The van der Waals surface area contributed by atoms with Crippen LogP contribution in [0, 0.1) is 0 Å². The minimum Gasteiger partial charge on any atom is -0.497 e. The maximum atomic E-state index is 12.4. The Morgan fingerprint density at radius 1 is 1.04 bits per heavy atom. The molecule has 0 spiro atoms. The molecule has 1 amide bonds. The molecule has 3 rings (SSSR count). The fourth-order valence-corrected chi connectivity index (χ4v) is 2.97. The number of nitrogens with one attached hydrogen (secondary N) is 1. The third kappa shape index (κ3) is 3.55. The third-order valence-electron chi connectivity index (χ3n) is 3.37. The molecule has 1 heterocycles. The Balaban J connectivity index is 1.80. The van der Waals surface area contributed by atoms with Crippen molar-refractivity contribution < 1.29 is 14.3 Å². The lowest BCUT2D eigenvalue weighted by Gasteiger charge is -2.09. The molecular weight excluding hydrogens is 324 g/mol. The molecule has 2 aromatic carbocycles. The van der Waals surface area contributed by atoms with Crippen molar-refractivity contribution in [1.82, 2.24) is 4.98 Å². The predicted octanol–water partition coefficient (Wildman–Crippen LogP) is 4.08. The zero-order valence-corrected chi connectivity index (χ0v) is 14.1. The van der Waals surface area contributed by atoms with E-state index in [1.807, 2.05) is 30.3 Å². The van der Waals surface area contributed by atoms with Gasteiger partial charge in [0.2, 0.25) is 0 Å². The summed E-state index contributed by atoms with van der Waals surface area (Å²) in [5, 5.41) is 5.37. The van der Waals surface area contributed by atoms with E-state index in [1.54, 1.807) is 37.8 Å². The number of hydrogen-bond donors (Lipinski definition) is 1. The lowest BCUT2D eigenvalue weighted by molar-refractivity contribution is 0.102. The van der Waals surface area contributed by atoms with E-state index >= 15 is 0 Å². The van der Waals surface area contributed by atoms with Gasteiger partial charge in [-0.05, 0) is 0 Å². The second-order valence-corrected chi connectivity index (χ2v) is 5.82. The van der Waals surface area contributed by atoms with Crippen molar-refractivity contribution in [2.45, 2.75) is 0 Å². The smallest absolute Gasteiger partial charge is 0.275 e. The minimum atomic E-state index is -0.274. The molecule has 122 valence electrons. The average Bonchev–Trinajstić information content (AvgIpc) is 3.12. The standard InChI is InChI=1S/C18H16N2O3S/c1-22-14-8-13(9-15(10-14)23-2)19-17(21)16-11-24-18(20-16)12-6-4-3-5-7-12/h3-11H,1-2H3,(H,19,21). The van der Waals surface area contributed by atoms with Gasteiger partial charge in [0, 0.05) is 34.8 Å². The monoisotopic (exact) mass is 340 g/mol. The van der Waals surface area contributed by atoms with Crippen molar-refractivity contribution >= 4 is 22.9 Å². The van der Waals surface area contributed by atoms with Crippen LogP contribution in [0.2, 0.25) is 0 Å². The van der Waals surface area contributed by atoms with E-state index in [9.17, 15) is 4.79 Å². The zero-order chi connectivity index (χ0) is 16.9. The maximum absolute atomic E-state index is 12.4. The van der Waals surface area contributed by atoms with Gasteiger partial charge in [0.05, 0.1) is 14.2 Å². The van der Waals surface area contributed by atoms with Crippen LogP contribution in [0.15, 0.2) is 53.9 Å². The Morgan fingerprint density at radius 2 is 1.71 bits per heavy atom. The summed E-state index contributed by atoms with van der Waals surface area (Å²) in [5.74, 6) is 0.935. The number of rotatable bonds is 5. The fourth-order valence-electron chi connectivity index (χ4n) is 2.17. The van der Waals surface area contributed by atoms with Gasteiger partial charge >= 0.3 is 0 Å². The molecule has 0 aliphatic carbocycles. The van der Waals surface area contributed by atoms with Crippen LogP contribution in [0.25, 0.3) is 10.6 Å². The van der Waals surface area contributed by atoms with E-state index in [0.717, 1.165) is 10.6 Å². The highest BCUT2D eigenvalue weighted by molar-refractivity contribution is 7.13. The van der Waals surface area contributed by atoms with Gasteiger partial charge in [-0.2, -0.15) is 0 Å². The molecule has 0 fully saturated rings. The first-order chi connectivity index (χ1) is 11.7. The van der Waals surface area contributed by atoms with Crippen LogP contribution in [0.5, 0.6) is 11.5 Å². The molecule has 24 heavy (non-hydrogen) atoms. The van der Waals surface area contributed by atoms with E-state index < -0.39 is 0 Å². The number of nitrogens with zero attached hydrogens (tertiary/aromatic N) is 1. The molecule has 0 radical (unpaired) electrons. The van der Waals surface area contributed by atoms with Gasteiger partial charge in [-0.15, -0.1) is 11.3 Å². The number of amides is 1. The molecule has 0 aliphatic rings. The highest BCUT2D eigenvalue weighted by Gasteiger charge is 2.13. The fraction of sp³-hybridized carbons (Fsp3) is 0.111. The molecular formula is C18H16N2O3S. The van der Waals surface area contributed by atoms with Crippen LogP contribution in [0.4, 0.5) is 5.69 Å². The number of ether oxygens (including phenoxy) is 2. The first-order valence-corrected chi connectivity index (χ1v) is 8.13. The Labute approximate surface area is 143 Å². The van der Waals surface area contributed by atoms with E-state index in [1.165, 1.54) is 11.3 Å². The number of anilines is 1. The largest absolute Gasteiger partial charge is 0.497 e. The molecule has 0 saturated carbocycles. The van der Waals surface area contributed by atoms with Gasteiger partial charge in [0.15, 0.2) is 0 Å². The summed E-state index contributed by atoms with van der Waals surface area (Å²) in [6.07, 6.45) is 0. The van der Waals surface area contributed by atoms with Crippen molar-refractivity contribution in [3.8, 4) is 22.1 Å². The SMILES string of the molecule is COc1cc(NC(=O)c2csc(-c3ccccc3)n2)cc(OC)c1. The lowest BCUT2D eigenvalue weighted by Crippen LogP contribution is -2.12. The quantitative estimate of drug-likeness (QED) is 0.760. The molecule has 0 unspecified atom stereocenters. The van der Waals surface area contributed by atoms with Crippen molar-refractivity contribution in [2.75, 3.05) is 19.5 Å². The van der Waals surface area contributed by atoms with Gasteiger partial charge in [-0.3, -0.25) is 4.79 Å². The minimum absolute atomic E-state index is 0.274. The Kier molecular flexibility index (Phi) is 4.77. The number of aromatic nitrogens is 1. The molecule has 5 nitrogen and oxygen atoms in total. The molecule has 1 aromatic heterocycles. The summed E-state index contributed by atoms with van der Waals surface area (Å²) in [6.45, 7) is 0. The second kappa shape index (κ2) is 7.14.